The van der Waals surface area contributed by atoms with E-state index in [-0.39, 0.29) is 5.91 Å². The van der Waals surface area contributed by atoms with Crippen LogP contribution in [0.4, 0.5) is 10.5 Å². The van der Waals surface area contributed by atoms with Crippen molar-refractivity contribution in [3.63, 3.8) is 0 Å². The van der Waals surface area contributed by atoms with Gasteiger partial charge in [-0.25, -0.2) is 4.79 Å². The summed E-state index contributed by atoms with van der Waals surface area (Å²) in [5.41, 5.74) is -0.0334. The van der Waals surface area contributed by atoms with Gasteiger partial charge >= 0.3 is 6.09 Å². The number of para-hydroxylation sites is 1. The Hall–Kier alpha value is -1.75. The van der Waals surface area contributed by atoms with Gasteiger partial charge in [-0.1, -0.05) is 23.7 Å². The zero-order chi connectivity index (χ0) is 16.3. The number of nitrogens with zero attached hydrogens (tertiary/aromatic N) is 1. The first-order valence-electron chi connectivity index (χ1n) is 7.33. The highest BCUT2D eigenvalue weighted by molar-refractivity contribution is 6.33. The van der Waals surface area contributed by atoms with Crippen LogP contribution in [-0.4, -0.2) is 35.1 Å². The molecule has 0 spiro atoms. The van der Waals surface area contributed by atoms with E-state index in [0.717, 1.165) is 6.42 Å². The fourth-order valence-electron chi connectivity index (χ4n) is 2.36. The van der Waals surface area contributed by atoms with E-state index in [1.165, 1.54) is 4.90 Å². The van der Waals surface area contributed by atoms with Crippen molar-refractivity contribution in [3.05, 3.63) is 29.3 Å². The highest BCUT2D eigenvalue weighted by atomic mass is 35.5. The standard InChI is InChI=1S/C16H21ClN2O3/c1-16(2,3)22-15(21)19-10-6-9-13(19)14(20)18-12-8-5-4-7-11(12)17/h4-5,7-8,13H,6,9-10H2,1-3H3,(H,18,20)/t13-/m1/s1. The highest BCUT2D eigenvalue weighted by Crippen LogP contribution is 2.25. The molecule has 0 aliphatic carbocycles. The van der Waals surface area contributed by atoms with E-state index in [2.05, 4.69) is 5.32 Å². The van der Waals surface area contributed by atoms with Gasteiger partial charge in [0.1, 0.15) is 11.6 Å². The van der Waals surface area contributed by atoms with Gasteiger partial charge in [-0.2, -0.15) is 0 Å². The number of ether oxygens (including phenoxy) is 1. The maximum Gasteiger partial charge on any atom is 0.410 e. The van der Waals surface area contributed by atoms with Gasteiger partial charge in [-0.15, -0.1) is 0 Å². The number of likely N-dealkylation sites (tertiary alicyclic amines) is 1. The molecule has 6 heteroatoms. The predicted octanol–water partition coefficient (Wildman–Crippen LogP) is 3.68. The second kappa shape index (κ2) is 6.57. The van der Waals surface area contributed by atoms with Crippen LogP contribution in [0.5, 0.6) is 0 Å². The molecule has 120 valence electrons. The number of rotatable bonds is 2. The molecule has 0 bridgehead atoms. The van der Waals surface area contributed by atoms with Crippen LogP contribution in [0.15, 0.2) is 24.3 Å². The van der Waals surface area contributed by atoms with E-state index < -0.39 is 17.7 Å². The van der Waals surface area contributed by atoms with Crippen LogP contribution in [-0.2, 0) is 9.53 Å². The summed E-state index contributed by atoms with van der Waals surface area (Å²) in [6.07, 6.45) is 0.944. The van der Waals surface area contributed by atoms with E-state index in [0.29, 0.717) is 23.7 Å². The van der Waals surface area contributed by atoms with Crippen LogP contribution in [0.25, 0.3) is 0 Å². The first-order chi connectivity index (χ1) is 10.3. The summed E-state index contributed by atoms with van der Waals surface area (Å²) in [5, 5.41) is 3.25. The molecule has 0 saturated carbocycles. The summed E-state index contributed by atoms with van der Waals surface area (Å²) < 4.78 is 5.36. The Morgan fingerprint density at radius 2 is 2.00 bits per heavy atom. The number of benzene rings is 1. The van der Waals surface area contributed by atoms with Gasteiger partial charge in [0.05, 0.1) is 10.7 Å². The molecule has 1 aromatic carbocycles. The molecule has 1 aliphatic heterocycles. The molecule has 0 unspecified atom stereocenters. The molecule has 1 heterocycles. The molecule has 1 atom stereocenters. The van der Waals surface area contributed by atoms with E-state index in [1.807, 2.05) is 0 Å². The topological polar surface area (TPSA) is 58.6 Å². The van der Waals surface area contributed by atoms with Gasteiger partial charge in [0.2, 0.25) is 5.91 Å². The fourth-order valence-corrected chi connectivity index (χ4v) is 2.54. The Kier molecular flexibility index (Phi) is 4.96. The van der Waals surface area contributed by atoms with Crippen molar-refractivity contribution in [3.8, 4) is 0 Å². The number of nitrogens with one attached hydrogen (secondary N) is 1. The summed E-state index contributed by atoms with van der Waals surface area (Å²) in [4.78, 5) is 26.1. The lowest BCUT2D eigenvalue weighted by Gasteiger charge is -2.28. The molecule has 1 aromatic rings. The molecule has 5 nitrogen and oxygen atoms in total. The van der Waals surface area contributed by atoms with Gasteiger partial charge in [0.25, 0.3) is 0 Å². The first-order valence-corrected chi connectivity index (χ1v) is 7.71. The summed E-state index contributed by atoms with van der Waals surface area (Å²) >= 11 is 6.04. The van der Waals surface area contributed by atoms with Gasteiger partial charge in [-0.05, 0) is 45.7 Å². The Bertz CT molecular complexity index is 569. The lowest BCUT2D eigenvalue weighted by molar-refractivity contribution is -0.120. The SMILES string of the molecule is CC(C)(C)OC(=O)N1CCC[C@@H]1C(=O)Nc1ccccc1Cl. The highest BCUT2D eigenvalue weighted by Gasteiger charge is 2.36. The number of hydrogen-bond acceptors (Lipinski definition) is 3. The van der Waals surface area contributed by atoms with Crippen molar-refractivity contribution in [2.45, 2.75) is 45.3 Å². The number of halogens is 1. The molecular weight excluding hydrogens is 304 g/mol. The zero-order valence-corrected chi connectivity index (χ0v) is 13.8. The Morgan fingerprint density at radius 1 is 1.32 bits per heavy atom. The van der Waals surface area contributed by atoms with Crippen LogP contribution in [0.1, 0.15) is 33.6 Å². The minimum absolute atomic E-state index is 0.239. The summed E-state index contributed by atoms with van der Waals surface area (Å²) in [6, 6.07) is 6.50. The van der Waals surface area contributed by atoms with Crippen LogP contribution in [0, 0.1) is 0 Å². The third kappa shape index (κ3) is 4.13. The second-order valence-corrected chi connectivity index (χ2v) is 6.71. The molecule has 1 aliphatic rings. The van der Waals surface area contributed by atoms with Crippen molar-refractivity contribution in [2.24, 2.45) is 0 Å². The van der Waals surface area contributed by atoms with Crippen LogP contribution < -0.4 is 5.32 Å². The van der Waals surface area contributed by atoms with Crippen LogP contribution in [0.2, 0.25) is 5.02 Å². The van der Waals surface area contributed by atoms with E-state index in [1.54, 1.807) is 45.0 Å². The number of carbonyl (C=O) groups is 2. The van der Waals surface area contributed by atoms with Crippen molar-refractivity contribution in [1.29, 1.82) is 0 Å². The van der Waals surface area contributed by atoms with Crippen molar-refractivity contribution in [2.75, 3.05) is 11.9 Å². The van der Waals surface area contributed by atoms with Crippen molar-refractivity contribution >= 4 is 29.3 Å². The number of anilines is 1. The monoisotopic (exact) mass is 324 g/mol. The molecule has 0 radical (unpaired) electrons. The minimum Gasteiger partial charge on any atom is -0.444 e. The number of amides is 2. The van der Waals surface area contributed by atoms with Crippen LogP contribution in [0.3, 0.4) is 0 Å². The second-order valence-electron chi connectivity index (χ2n) is 6.30. The lowest BCUT2D eigenvalue weighted by Crippen LogP contribution is -2.45. The first kappa shape index (κ1) is 16.6. The van der Waals surface area contributed by atoms with Crippen molar-refractivity contribution in [1.82, 2.24) is 4.90 Å². The van der Waals surface area contributed by atoms with E-state index >= 15 is 0 Å². The summed E-state index contributed by atoms with van der Waals surface area (Å²) in [5.74, 6) is -0.239. The third-order valence-electron chi connectivity index (χ3n) is 3.32. The molecule has 1 fully saturated rings. The number of carbonyl (C=O) groups excluding carboxylic acids is 2. The molecule has 1 N–H and O–H groups in total. The maximum atomic E-state index is 12.4. The van der Waals surface area contributed by atoms with Crippen molar-refractivity contribution < 1.29 is 14.3 Å². The smallest absolute Gasteiger partial charge is 0.410 e. The minimum atomic E-state index is -0.580. The van der Waals surface area contributed by atoms with E-state index in [4.69, 9.17) is 16.3 Å². The largest absolute Gasteiger partial charge is 0.444 e. The average Bonchev–Trinajstić information content (AvgIpc) is 2.89. The Morgan fingerprint density at radius 3 is 2.64 bits per heavy atom. The quantitative estimate of drug-likeness (QED) is 0.902. The zero-order valence-electron chi connectivity index (χ0n) is 13.1. The van der Waals surface area contributed by atoms with Crippen LogP contribution >= 0.6 is 11.6 Å². The maximum absolute atomic E-state index is 12.4. The van der Waals surface area contributed by atoms with E-state index in [9.17, 15) is 9.59 Å². The van der Waals surface area contributed by atoms with Gasteiger partial charge in [-0.3, -0.25) is 9.69 Å². The third-order valence-corrected chi connectivity index (χ3v) is 3.64. The lowest BCUT2D eigenvalue weighted by atomic mass is 10.2. The molecule has 2 amide bonds. The van der Waals surface area contributed by atoms with Gasteiger partial charge < -0.3 is 10.1 Å². The molecule has 22 heavy (non-hydrogen) atoms. The van der Waals surface area contributed by atoms with Gasteiger partial charge in [0.15, 0.2) is 0 Å². The normalized spacial score (nSPS) is 18.2. The summed E-state index contributed by atoms with van der Waals surface area (Å²) in [7, 11) is 0. The molecule has 0 aromatic heterocycles. The molecular formula is C16H21ClN2O3. The predicted molar refractivity (Wildman–Crippen MR) is 86.0 cm³/mol. The Balaban J connectivity index is 2.05. The number of hydrogen-bond donors (Lipinski definition) is 1. The Labute approximate surface area is 135 Å². The molecule has 1 saturated heterocycles. The fraction of sp³-hybridized carbons (Fsp3) is 0.500. The molecule has 2 rings (SSSR count). The average molecular weight is 325 g/mol. The van der Waals surface area contributed by atoms with Gasteiger partial charge in [0, 0.05) is 6.54 Å². The summed E-state index contributed by atoms with van der Waals surface area (Å²) in [6.45, 7) is 5.94.